The predicted molar refractivity (Wildman–Crippen MR) is 121 cm³/mol. The van der Waals surface area contributed by atoms with Gasteiger partial charge in [-0.05, 0) is 67.7 Å². The molecule has 6 heteroatoms. The van der Waals surface area contributed by atoms with Gasteiger partial charge in [-0.2, -0.15) is 0 Å². The fourth-order valence-corrected chi connectivity index (χ4v) is 5.02. The summed E-state index contributed by atoms with van der Waals surface area (Å²) >= 11 is 0. The van der Waals surface area contributed by atoms with Crippen LogP contribution in [-0.4, -0.2) is 40.1 Å². The van der Waals surface area contributed by atoms with Gasteiger partial charge in [0.2, 0.25) is 0 Å². The quantitative estimate of drug-likeness (QED) is 0.553. The molecule has 2 fully saturated rings. The third-order valence-electron chi connectivity index (χ3n) is 6.52. The second kappa shape index (κ2) is 8.26. The highest BCUT2D eigenvalue weighted by Gasteiger charge is 2.45. The molecule has 0 saturated carbocycles. The third-order valence-corrected chi connectivity index (χ3v) is 6.52. The van der Waals surface area contributed by atoms with Gasteiger partial charge in [-0.25, -0.2) is 9.37 Å². The van der Waals surface area contributed by atoms with Crippen LogP contribution in [0.2, 0.25) is 0 Å². The van der Waals surface area contributed by atoms with E-state index < -0.39 is 0 Å². The van der Waals surface area contributed by atoms with E-state index in [4.69, 9.17) is 4.74 Å². The van der Waals surface area contributed by atoms with E-state index in [2.05, 4.69) is 4.98 Å². The van der Waals surface area contributed by atoms with Crippen molar-refractivity contribution in [2.45, 2.75) is 38.1 Å². The lowest BCUT2D eigenvalue weighted by atomic mass is 9.84. The molecule has 5 rings (SSSR count). The molecule has 164 valence electrons. The maximum absolute atomic E-state index is 13.6. The summed E-state index contributed by atoms with van der Waals surface area (Å²) in [6.07, 6.45) is 8.77. The van der Waals surface area contributed by atoms with E-state index in [-0.39, 0.29) is 23.7 Å². The van der Waals surface area contributed by atoms with Crippen LogP contribution in [0.15, 0.2) is 60.6 Å². The van der Waals surface area contributed by atoms with Gasteiger partial charge in [0.1, 0.15) is 11.6 Å². The number of hydrogen-bond acceptors (Lipinski definition) is 3. The van der Waals surface area contributed by atoms with Crippen LogP contribution in [0.25, 0.3) is 11.8 Å². The number of rotatable bonds is 4. The van der Waals surface area contributed by atoms with Gasteiger partial charge in [0.05, 0.1) is 24.8 Å². The van der Waals surface area contributed by atoms with Gasteiger partial charge in [0, 0.05) is 30.3 Å². The Morgan fingerprint density at radius 1 is 1.16 bits per heavy atom. The summed E-state index contributed by atoms with van der Waals surface area (Å²) in [6.45, 7) is 2.72. The van der Waals surface area contributed by atoms with Gasteiger partial charge < -0.3 is 14.2 Å². The Morgan fingerprint density at radius 3 is 2.69 bits per heavy atom. The van der Waals surface area contributed by atoms with Crippen LogP contribution >= 0.6 is 0 Å². The number of methoxy groups -OCH3 is 1. The number of benzene rings is 2. The fourth-order valence-electron chi connectivity index (χ4n) is 5.02. The number of nitrogens with zero attached hydrogens (tertiary/aromatic N) is 3. The molecule has 3 heterocycles. The van der Waals surface area contributed by atoms with E-state index >= 15 is 0 Å². The predicted octanol–water partition coefficient (Wildman–Crippen LogP) is 4.89. The molecule has 2 aromatic carbocycles. The molecule has 3 aromatic rings. The zero-order valence-corrected chi connectivity index (χ0v) is 18.3. The summed E-state index contributed by atoms with van der Waals surface area (Å²) in [5.41, 5.74) is 4.46. The van der Waals surface area contributed by atoms with Crippen molar-refractivity contribution in [3.05, 3.63) is 83.2 Å². The highest BCUT2D eigenvalue weighted by atomic mass is 19.1. The summed E-state index contributed by atoms with van der Waals surface area (Å²) in [5, 5.41) is 0. The lowest BCUT2D eigenvalue weighted by molar-refractivity contribution is -0.127. The summed E-state index contributed by atoms with van der Waals surface area (Å²) in [4.78, 5) is 19.7. The van der Waals surface area contributed by atoms with Crippen LogP contribution in [0.3, 0.4) is 0 Å². The Kier molecular flexibility index (Phi) is 5.29. The fraction of sp³-hybridized carbons (Fsp3) is 0.308. The molecule has 5 nitrogen and oxygen atoms in total. The molecule has 1 aromatic heterocycles. The Hall–Kier alpha value is -3.41. The van der Waals surface area contributed by atoms with Gasteiger partial charge in [-0.15, -0.1) is 0 Å². The number of imidazole rings is 1. The Bertz CT molecular complexity index is 1180. The number of halogens is 1. The summed E-state index contributed by atoms with van der Waals surface area (Å²) in [5.74, 6) is 0.458. The molecule has 0 bridgehead atoms. The first-order valence-corrected chi connectivity index (χ1v) is 11.0. The van der Waals surface area contributed by atoms with Gasteiger partial charge in [0.15, 0.2) is 0 Å². The number of aryl methyl sites for hydroxylation is 1. The van der Waals surface area contributed by atoms with Crippen LogP contribution < -0.4 is 4.74 Å². The summed E-state index contributed by atoms with van der Waals surface area (Å²) in [6, 6.07) is 12.6. The van der Waals surface area contributed by atoms with Crippen molar-refractivity contribution in [2.24, 2.45) is 0 Å². The summed E-state index contributed by atoms with van der Waals surface area (Å²) < 4.78 is 21.1. The van der Waals surface area contributed by atoms with Crippen molar-refractivity contribution in [1.29, 1.82) is 0 Å². The van der Waals surface area contributed by atoms with Gasteiger partial charge in [-0.1, -0.05) is 18.2 Å². The smallest absolute Gasteiger partial charge is 0.250 e. The number of carbonyl (C=O) groups excluding carboxylic acids is 1. The molecule has 0 N–H and O–H groups in total. The topological polar surface area (TPSA) is 47.4 Å². The minimum Gasteiger partial charge on any atom is -0.495 e. The Balaban J connectivity index is 1.57. The number of hydrogen-bond donors (Lipinski definition) is 0. The van der Waals surface area contributed by atoms with Crippen molar-refractivity contribution < 1.29 is 13.9 Å². The molecule has 0 radical (unpaired) electrons. The van der Waals surface area contributed by atoms with Gasteiger partial charge in [-0.3, -0.25) is 4.79 Å². The molecule has 2 aliphatic heterocycles. The minimum absolute atomic E-state index is 0.0645. The normalized spacial score (nSPS) is 21.8. The van der Waals surface area contributed by atoms with Gasteiger partial charge >= 0.3 is 0 Å². The number of piperidine rings is 1. The number of carbonyl (C=O) groups is 1. The molecular weight excluding hydrogens is 405 g/mol. The average Bonchev–Trinajstić information content (AvgIpc) is 3.36. The first-order chi connectivity index (χ1) is 15.5. The number of ether oxygens (including phenoxy) is 1. The van der Waals surface area contributed by atoms with Crippen LogP contribution in [0, 0.1) is 12.7 Å². The molecular formula is C26H26FN3O2. The molecule has 1 amide bonds. The van der Waals surface area contributed by atoms with Gasteiger partial charge in [0.25, 0.3) is 5.91 Å². The van der Waals surface area contributed by atoms with E-state index in [9.17, 15) is 9.18 Å². The number of aromatic nitrogens is 2. The van der Waals surface area contributed by atoms with E-state index in [1.807, 2.05) is 59.0 Å². The first kappa shape index (κ1) is 20.5. The maximum atomic E-state index is 13.6. The van der Waals surface area contributed by atoms with Crippen molar-refractivity contribution >= 4 is 12.0 Å². The largest absolute Gasteiger partial charge is 0.495 e. The Labute approximate surface area is 187 Å². The number of amides is 1. The minimum atomic E-state index is -0.265. The highest BCUT2D eigenvalue weighted by Crippen LogP contribution is 2.44. The monoisotopic (exact) mass is 431 g/mol. The lowest BCUT2D eigenvalue weighted by Crippen LogP contribution is -2.38. The first-order valence-electron chi connectivity index (χ1n) is 11.0. The van der Waals surface area contributed by atoms with Crippen molar-refractivity contribution in [3.8, 4) is 11.4 Å². The molecule has 2 atom stereocenters. The molecule has 2 saturated heterocycles. The molecule has 0 spiro atoms. The van der Waals surface area contributed by atoms with E-state index in [0.717, 1.165) is 53.9 Å². The average molecular weight is 432 g/mol. The van der Waals surface area contributed by atoms with E-state index in [1.54, 1.807) is 13.4 Å². The summed E-state index contributed by atoms with van der Waals surface area (Å²) in [7, 11) is 1.64. The van der Waals surface area contributed by atoms with Crippen molar-refractivity contribution in [3.63, 3.8) is 0 Å². The zero-order chi connectivity index (χ0) is 22.2. The Morgan fingerprint density at radius 2 is 1.97 bits per heavy atom. The molecule has 32 heavy (non-hydrogen) atoms. The second-order valence-corrected chi connectivity index (χ2v) is 8.54. The van der Waals surface area contributed by atoms with E-state index in [1.165, 1.54) is 12.1 Å². The van der Waals surface area contributed by atoms with Crippen LogP contribution in [0.5, 0.6) is 5.75 Å². The van der Waals surface area contributed by atoms with Crippen LogP contribution in [-0.2, 0) is 4.79 Å². The standard InChI is InChI=1S/C26H26FN3O2/c1-17-15-29(16-28-17)22-11-6-18(14-24(22)32-2)13-21-25(19-7-9-20(27)10-8-19)23-5-3-4-12-30(23)26(21)31/h6-11,13-16,23,25H,3-5,12H2,1-2H3. The van der Waals surface area contributed by atoms with Crippen molar-refractivity contribution in [1.82, 2.24) is 14.5 Å². The highest BCUT2D eigenvalue weighted by molar-refractivity contribution is 6.02. The molecule has 2 aliphatic rings. The second-order valence-electron chi connectivity index (χ2n) is 8.54. The molecule has 2 unspecified atom stereocenters. The van der Waals surface area contributed by atoms with Crippen LogP contribution in [0.1, 0.15) is 42.0 Å². The molecule has 0 aliphatic carbocycles. The SMILES string of the molecule is COc1cc(C=C2C(=O)N3CCCCC3C2c2ccc(F)cc2)ccc1-n1cnc(C)c1. The van der Waals surface area contributed by atoms with E-state index in [0.29, 0.717) is 5.75 Å². The van der Waals surface area contributed by atoms with Crippen molar-refractivity contribution in [2.75, 3.05) is 13.7 Å². The number of fused-ring (bicyclic) bond motifs is 1. The van der Waals surface area contributed by atoms with Crippen LogP contribution in [0.4, 0.5) is 4.39 Å². The zero-order valence-electron chi connectivity index (χ0n) is 18.3. The lowest BCUT2D eigenvalue weighted by Gasteiger charge is -2.32. The third kappa shape index (κ3) is 3.60. The maximum Gasteiger partial charge on any atom is 0.250 e.